The van der Waals surface area contributed by atoms with Crippen LogP contribution in [0.4, 0.5) is 0 Å². The maximum Gasteiger partial charge on any atom is 0.104 e. The van der Waals surface area contributed by atoms with Gasteiger partial charge < -0.3 is 4.90 Å². The topological polar surface area (TPSA) is 56.1 Å². The molecule has 0 radical (unpaired) electrons. The van der Waals surface area contributed by atoms with E-state index in [-0.39, 0.29) is 0 Å². The van der Waals surface area contributed by atoms with Crippen molar-refractivity contribution in [1.82, 2.24) is 10.2 Å². The van der Waals surface area contributed by atoms with Crippen molar-refractivity contribution in [3.05, 3.63) is 0 Å². The zero-order valence-electron chi connectivity index (χ0n) is 12.4. The minimum absolute atomic E-state index is 0.335. The van der Waals surface area contributed by atoms with Crippen molar-refractivity contribution >= 4 is 10.8 Å². The molecule has 0 aromatic rings. The maximum absolute atomic E-state index is 11.3. The first-order chi connectivity index (χ1) is 8.95. The van der Waals surface area contributed by atoms with Crippen LogP contribution in [0.3, 0.4) is 0 Å². The summed E-state index contributed by atoms with van der Waals surface area (Å²) in [4.78, 5) is 2.39. The Bertz CT molecular complexity index is 330. The normalized spacial score (nSPS) is 21.2. The fraction of sp³-hybridized carbons (Fsp3) is 0.929. The van der Waals surface area contributed by atoms with E-state index in [4.69, 9.17) is 0 Å². The van der Waals surface area contributed by atoms with Gasteiger partial charge in [0.25, 0.3) is 0 Å². The summed E-state index contributed by atoms with van der Waals surface area (Å²) >= 11 is 0. The molecule has 1 unspecified atom stereocenters. The van der Waals surface area contributed by atoms with Crippen LogP contribution in [-0.4, -0.2) is 51.8 Å². The van der Waals surface area contributed by atoms with E-state index in [1.807, 2.05) is 6.92 Å². The fourth-order valence-electron chi connectivity index (χ4n) is 2.51. The summed E-state index contributed by atoms with van der Waals surface area (Å²) in [5.74, 6) is 1.65. The summed E-state index contributed by atoms with van der Waals surface area (Å²) in [5, 5.41) is 12.6. The molecule has 5 heteroatoms. The highest BCUT2D eigenvalue weighted by molar-refractivity contribution is 7.85. The van der Waals surface area contributed by atoms with Gasteiger partial charge in [-0.1, -0.05) is 0 Å². The number of unbranched alkanes of at least 4 members (excludes halogenated alkanes) is 1. The first-order valence-corrected chi connectivity index (χ1v) is 8.70. The average Bonchev–Trinajstić information content (AvgIpc) is 2.36. The third kappa shape index (κ3) is 6.51. The molecule has 0 aliphatic carbocycles. The number of nitrogens with zero attached hydrogens (tertiary/aromatic N) is 2. The van der Waals surface area contributed by atoms with Gasteiger partial charge in [0, 0.05) is 41.4 Å². The summed E-state index contributed by atoms with van der Waals surface area (Å²) < 4.78 is 11.3. The predicted octanol–water partition coefficient (Wildman–Crippen LogP) is 1.50. The van der Waals surface area contributed by atoms with Gasteiger partial charge in [0.05, 0.1) is 6.07 Å². The van der Waals surface area contributed by atoms with Gasteiger partial charge in [-0.25, -0.2) is 0 Å². The first kappa shape index (κ1) is 16.6. The molecular weight excluding hydrogens is 258 g/mol. The second kappa shape index (κ2) is 7.98. The lowest BCUT2D eigenvalue weighted by Gasteiger charge is -2.28. The van der Waals surface area contributed by atoms with E-state index >= 15 is 0 Å². The lowest BCUT2D eigenvalue weighted by Crippen LogP contribution is -2.45. The van der Waals surface area contributed by atoms with Gasteiger partial charge in [-0.05, 0) is 46.6 Å². The molecule has 1 N–H and O–H groups in total. The molecule has 0 aromatic heterocycles. The Kier molecular flexibility index (Phi) is 6.98. The summed E-state index contributed by atoms with van der Waals surface area (Å²) in [7, 11) is -0.585. The molecule has 1 rings (SSSR count). The molecule has 0 spiro atoms. The third-order valence-corrected chi connectivity index (χ3v) is 4.80. The Hall–Kier alpha value is -0.440. The van der Waals surface area contributed by atoms with Crippen molar-refractivity contribution in [2.24, 2.45) is 0 Å². The van der Waals surface area contributed by atoms with Crippen LogP contribution in [0.25, 0.3) is 0 Å². The van der Waals surface area contributed by atoms with Gasteiger partial charge in [0.1, 0.15) is 5.54 Å². The van der Waals surface area contributed by atoms with Gasteiger partial charge in [-0.2, -0.15) is 5.26 Å². The monoisotopic (exact) mass is 285 g/mol. The van der Waals surface area contributed by atoms with E-state index in [9.17, 15) is 9.47 Å². The van der Waals surface area contributed by atoms with Crippen LogP contribution < -0.4 is 5.32 Å². The van der Waals surface area contributed by atoms with E-state index in [1.54, 1.807) is 0 Å². The van der Waals surface area contributed by atoms with Gasteiger partial charge in [0.15, 0.2) is 0 Å². The Morgan fingerprint density at radius 3 is 2.53 bits per heavy atom. The summed E-state index contributed by atoms with van der Waals surface area (Å²) in [5.41, 5.74) is -0.405. The first-order valence-electron chi connectivity index (χ1n) is 7.21. The number of nitrogens with one attached hydrogen (secondary N) is 1. The second-order valence-corrected chi connectivity index (χ2v) is 7.59. The Morgan fingerprint density at radius 1 is 1.37 bits per heavy atom. The molecule has 0 aromatic carbocycles. The van der Waals surface area contributed by atoms with Crippen LogP contribution in [-0.2, 0) is 10.8 Å². The highest BCUT2D eigenvalue weighted by Crippen LogP contribution is 2.14. The highest BCUT2D eigenvalue weighted by atomic mass is 32.2. The fourth-order valence-corrected chi connectivity index (χ4v) is 3.64. The van der Waals surface area contributed by atoms with E-state index in [0.717, 1.165) is 50.4 Å². The van der Waals surface area contributed by atoms with Crippen molar-refractivity contribution in [3.8, 4) is 6.07 Å². The van der Waals surface area contributed by atoms with E-state index in [2.05, 4.69) is 30.1 Å². The van der Waals surface area contributed by atoms with E-state index < -0.39 is 16.3 Å². The lowest BCUT2D eigenvalue weighted by molar-refractivity contribution is 0.283. The summed E-state index contributed by atoms with van der Waals surface area (Å²) in [6.45, 7) is 9.13. The molecule has 1 saturated heterocycles. The van der Waals surface area contributed by atoms with Crippen LogP contribution in [0, 0.1) is 11.3 Å². The minimum atomic E-state index is -0.585. The molecule has 0 amide bonds. The zero-order chi connectivity index (χ0) is 14.3. The van der Waals surface area contributed by atoms with Crippen molar-refractivity contribution < 1.29 is 4.21 Å². The Balaban J connectivity index is 2.19. The van der Waals surface area contributed by atoms with Crippen molar-refractivity contribution in [3.63, 3.8) is 0 Å². The number of nitriles is 1. The van der Waals surface area contributed by atoms with Crippen LogP contribution in [0.15, 0.2) is 0 Å². The maximum atomic E-state index is 11.3. The van der Waals surface area contributed by atoms with Crippen molar-refractivity contribution in [2.75, 3.05) is 31.1 Å². The molecule has 0 bridgehead atoms. The third-order valence-electron chi connectivity index (χ3n) is 3.53. The van der Waals surface area contributed by atoms with Crippen LogP contribution >= 0.6 is 0 Å². The largest absolute Gasteiger partial charge is 0.302 e. The zero-order valence-corrected chi connectivity index (χ0v) is 13.3. The molecule has 1 aliphatic rings. The van der Waals surface area contributed by atoms with Crippen LogP contribution in [0.2, 0.25) is 0 Å². The molecule has 0 saturated carbocycles. The average molecular weight is 285 g/mol. The van der Waals surface area contributed by atoms with Gasteiger partial charge in [0.2, 0.25) is 0 Å². The van der Waals surface area contributed by atoms with Gasteiger partial charge in [-0.3, -0.25) is 9.53 Å². The minimum Gasteiger partial charge on any atom is -0.302 e. The molecule has 1 atom stereocenters. The molecule has 110 valence electrons. The number of hydrogen-bond acceptors (Lipinski definition) is 4. The smallest absolute Gasteiger partial charge is 0.104 e. The van der Waals surface area contributed by atoms with Crippen molar-refractivity contribution in [1.29, 1.82) is 5.26 Å². The Morgan fingerprint density at radius 2 is 2.00 bits per heavy atom. The highest BCUT2D eigenvalue weighted by Gasteiger charge is 2.23. The summed E-state index contributed by atoms with van der Waals surface area (Å²) in [6.07, 6.45) is 3.06. The van der Waals surface area contributed by atoms with Gasteiger partial charge >= 0.3 is 0 Å². The molecule has 4 nitrogen and oxygen atoms in total. The Labute approximate surface area is 120 Å². The quantitative estimate of drug-likeness (QED) is 0.720. The standard InChI is InChI=1S/C14H27N3OS/c1-13(2)16-14(3,12-15)6-4-5-7-17-8-10-19(18)11-9-17/h13,16H,4-11H2,1-3H3. The van der Waals surface area contributed by atoms with E-state index in [0.29, 0.717) is 6.04 Å². The predicted molar refractivity (Wildman–Crippen MR) is 80.5 cm³/mol. The second-order valence-electron chi connectivity index (χ2n) is 5.89. The molecule has 1 aliphatic heterocycles. The number of hydrogen-bond donors (Lipinski definition) is 1. The van der Waals surface area contributed by atoms with Gasteiger partial charge in [-0.15, -0.1) is 0 Å². The summed E-state index contributed by atoms with van der Waals surface area (Å²) in [6, 6.07) is 2.72. The molecule has 1 heterocycles. The van der Waals surface area contributed by atoms with Crippen LogP contribution in [0.5, 0.6) is 0 Å². The molecular formula is C14H27N3OS. The SMILES string of the molecule is CC(C)NC(C)(C#N)CCCCN1CCS(=O)CC1. The van der Waals surface area contributed by atoms with E-state index in [1.165, 1.54) is 0 Å². The molecule has 19 heavy (non-hydrogen) atoms. The van der Waals surface area contributed by atoms with Crippen LogP contribution in [0.1, 0.15) is 40.0 Å². The molecule has 1 fully saturated rings. The lowest BCUT2D eigenvalue weighted by atomic mass is 9.95. The number of rotatable bonds is 7. The van der Waals surface area contributed by atoms with Crippen molar-refractivity contribution in [2.45, 2.75) is 51.6 Å².